The monoisotopic (exact) mass is 437 g/mol. The SMILES string of the molecule is CCC(C)(CO)Cn1cc(CN2CC[C@]3(C[C@@H]2C)OCCc2cc(Cl)sc23)cn1. The quantitative estimate of drug-likeness (QED) is 0.724. The van der Waals surface area contributed by atoms with Crippen molar-refractivity contribution in [3.05, 3.63) is 38.8 Å². The van der Waals surface area contributed by atoms with Gasteiger partial charge in [0.25, 0.3) is 0 Å². The fraction of sp³-hybridized carbons (Fsp3) is 0.682. The first-order valence-electron chi connectivity index (χ1n) is 10.7. The third-order valence-electron chi connectivity index (χ3n) is 6.85. The molecule has 3 atom stereocenters. The predicted octanol–water partition coefficient (Wildman–Crippen LogP) is 4.46. The fourth-order valence-electron chi connectivity index (χ4n) is 4.69. The summed E-state index contributed by atoms with van der Waals surface area (Å²) in [7, 11) is 0. The molecule has 0 amide bonds. The predicted molar refractivity (Wildman–Crippen MR) is 117 cm³/mol. The highest BCUT2D eigenvalue weighted by Gasteiger charge is 2.44. The lowest BCUT2D eigenvalue weighted by atomic mass is 9.82. The van der Waals surface area contributed by atoms with Crippen molar-refractivity contribution < 1.29 is 9.84 Å². The van der Waals surface area contributed by atoms with Gasteiger partial charge in [-0.3, -0.25) is 9.58 Å². The van der Waals surface area contributed by atoms with Gasteiger partial charge in [-0.2, -0.15) is 5.10 Å². The topological polar surface area (TPSA) is 50.5 Å². The Kier molecular flexibility index (Phi) is 6.11. The summed E-state index contributed by atoms with van der Waals surface area (Å²) in [6, 6.07) is 2.56. The number of piperidine rings is 1. The summed E-state index contributed by atoms with van der Waals surface area (Å²) in [6.07, 6.45) is 8.02. The van der Waals surface area contributed by atoms with E-state index >= 15 is 0 Å². The number of nitrogens with zero attached hydrogens (tertiary/aromatic N) is 3. The number of thiophene rings is 1. The van der Waals surface area contributed by atoms with Crippen LogP contribution in [0.3, 0.4) is 0 Å². The van der Waals surface area contributed by atoms with Gasteiger partial charge in [0.15, 0.2) is 0 Å². The lowest BCUT2D eigenvalue weighted by Gasteiger charge is -2.47. The van der Waals surface area contributed by atoms with Crippen LogP contribution in [0.4, 0.5) is 0 Å². The average molecular weight is 438 g/mol. The van der Waals surface area contributed by atoms with E-state index in [-0.39, 0.29) is 17.6 Å². The molecule has 4 rings (SSSR count). The van der Waals surface area contributed by atoms with Crippen molar-refractivity contribution in [2.75, 3.05) is 19.8 Å². The first-order chi connectivity index (χ1) is 13.9. The smallest absolute Gasteiger partial charge is 0.105 e. The molecule has 1 unspecified atom stereocenters. The molecule has 0 saturated carbocycles. The molecule has 0 radical (unpaired) electrons. The van der Waals surface area contributed by atoms with Gasteiger partial charge in [0.1, 0.15) is 5.60 Å². The number of hydrogen-bond donors (Lipinski definition) is 1. The normalized spacial score (nSPS) is 27.1. The van der Waals surface area contributed by atoms with Gasteiger partial charge in [-0.15, -0.1) is 11.3 Å². The lowest BCUT2D eigenvalue weighted by molar-refractivity contribution is -0.110. The van der Waals surface area contributed by atoms with E-state index in [2.05, 4.69) is 43.0 Å². The van der Waals surface area contributed by atoms with Crippen LogP contribution in [0.5, 0.6) is 0 Å². The van der Waals surface area contributed by atoms with Crippen molar-refractivity contribution in [2.45, 2.75) is 71.2 Å². The summed E-state index contributed by atoms with van der Waals surface area (Å²) < 4.78 is 9.24. The van der Waals surface area contributed by atoms with Gasteiger partial charge in [0.05, 0.1) is 23.7 Å². The Balaban J connectivity index is 1.42. The highest BCUT2D eigenvalue weighted by atomic mass is 35.5. The van der Waals surface area contributed by atoms with E-state index in [0.29, 0.717) is 6.04 Å². The number of rotatable bonds is 6. The zero-order chi connectivity index (χ0) is 20.6. The van der Waals surface area contributed by atoms with E-state index in [0.717, 1.165) is 56.3 Å². The van der Waals surface area contributed by atoms with Crippen molar-refractivity contribution in [1.29, 1.82) is 0 Å². The van der Waals surface area contributed by atoms with Crippen LogP contribution in [0.2, 0.25) is 4.34 Å². The summed E-state index contributed by atoms with van der Waals surface area (Å²) in [4.78, 5) is 3.89. The molecule has 160 valence electrons. The Morgan fingerprint density at radius 1 is 1.48 bits per heavy atom. The molecule has 0 aliphatic carbocycles. The second kappa shape index (κ2) is 8.31. The molecule has 29 heavy (non-hydrogen) atoms. The van der Waals surface area contributed by atoms with Gasteiger partial charge >= 0.3 is 0 Å². The van der Waals surface area contributed by atoms with Gasteiger partial charge in [0.2, 0.25) is 0 Å². The molecule has 2 aromatic heterocycles. The van der Waals surface area contributed by atoms with Crippen LogP contribution in [-0.2, 0) is 29.8 Å². The van der Waals surface area contributed by atoms with Gasteiger partial charge in [-0.05, 0) is 44.2 Å². The first kappa shape index (κ1) is 21.3. The molecule has 1 fully saturated rings. The number of hydrogen-bond acceptors (Lipinski definition) is 5. The third kappa shape index (κ3) is 4.28. The molecule has 5 nitrogen and oxygen atoms in total. The highest BCUT2D eigenvalue weighted by molar-refractivity contribution is 7.16. The average Bonchev–Trinajstić information content (AvgIpc) is 3.30. The zero-order valence-corrected chi connectivity index (χ0v) is 19.2. The standard InChI is InChI=1S/C22H32ClN3O2S/c1-4-21(3,15-27)14-26-13-17(11-24-26)12-25-7-6-22(10-16(25)2)20-18(5-8-28-22)9-19(23)29-20/h9,11,13,16,27H,4-8,10,12,14-15H2,1-3H3/t16-,21?,22+/m0/s1. The van der Waals surface area contributed by atoms with E-state index < -0.39 is 0 Å². The van der Waals surface area contributed by atoms with Gasteiger partial charge < -0.3 is 9.84 Å². The second-order valence-electron chi connectivity index (χ2n) is 9.14. The van der Waals surface area contributed by atoms with Gasteiger partial charge in [0, 0.05) is 47.7 Å². The summed E-state index contributed by atoms with van der Waals surface area (Å²) in [6.45, 7) is 10.1. The van der Waals surface area contributed by atoms with Crippen molar-refractivity contribution in [1.82, 2.24) is 14.7 Å². The largest absolute Gasteiger partial charge is 0.396 e. The van der Waals surface area contributed by atoms with Crippen molar-refractivity contribution in [2.24, 2.45) is 5.41 Å². The van der Waals surface area contributed by atoms with Gasteiger partial charge in [-0.25, -0.2) is 0 Å². The van der Waals surface area contributed by atoms with Gasteiger partial charge in [-0.1, -0.05) is 25.4 Å². The second-order valence-corrected chi connectivity index (χ2v) is 10.8. The molecule has 2 aliphatic rings. The first-order valence-corrected chi connectivity index (χ1v) is 11.8. The molecule has 0 aromatic carbocycles. The summed E-state index contributed by atoms with van der Waals surface area (Å²) >= 11 is 8.03. The van der Waals surface area contributed by atoms with Crippen LogP contribution in [0, 0.1) is 5.41 Å². The number of aliphatic hydroxyl groups is 1. The molecule has 1 spiro atoms. The fourth-order valence-corrected chi connectivity index (χ4v) is 6.17. The number of likely N-dealkylation sites (tertiary alicyclic amines) is 1. The van der Waals surface area contributed by atoms with Crippen LogP contribution < -0.4 is 0 Å². The van der Waals surface area contributed by atoms with Crippen LogP contribution >= 0.6 is 22.9 Å². The summed E-state index contributed by atoms with van der Waals surface area (Å²) in [5.41, 5.74) is 2.34. The number of aliphatic hydroxyl groups excluding tert-OH is 1. The summed E-state index contributed by atoms with van der Waals surface area (Å²) in [5.74, 6) is 0. The molecule has 1 saturated heterocycles. The maximum Gasteiger partial charge on any atom is 0.105 e. The Morgan fingerprint density at radius 3 is 3.03 bits per heavy atom. The van der Waals surface area contributed by atoms with Crippen LogP contribution in [0.15, 0.2) is 18.5 Å². The minimum Gasteiger partial charge on any atom is -0.396 e. The van der Waals surface area contributed by atoms with Crippen LogP contribution in [-0.4, -0.2) is 45.6 Å². The van der Waals surface area contributed by atoms with Crippen molar-refractivity contribution in [3.63, 3.8) is 0 Å². The molecule has 2 aliphatic heterocycles. The Hall–Kier alpha value is -0.920. The molecule has 4 heterocycles. The van der Waals surface area contributed by atoms with E-state index in [1.807, 2.05) is 10.9 Å². The molecule has 2 aromatic rings. The minimum absolute atomic E-state index is 0.119. The molecule has 0 bridgehead atoms. The molecular weight excluding hydrogens is 406 g/mol. The molecular formula is C22H32ClN3O2S. The molecule has 7 heteroatoms. The number of aromatic nitrogens is 2. The van der Waals surface area contributed by atoms with E-state index in [1.54, 1.807) is 11.3 Å². The number of halogens is 1. The molecule has 1 N–H and O–H groups in total. The van der Waals surface area contributed by atoms with Crippen LogP contribution in [0.25, 0.3) is 0 Å². The van der Waals surface area contributed by atoms with Crippen molar-refractivity contribution in [3.8, 4) is 0 Å². The Morgan fingerprint density at radius 2 is 2.31 bits per heavy atom. The maximum absolute atomic E-state index is 9.67. The number of ether oxygens (including phenoxy) is 1. The van der Waals surface area contributed by atoms with Crippen LogP contribution in [0.1, 0.15) is 56.0 Å². The van der Waals surface area contributed by atoms with E-state index in [4.69, 9.17) is 16.3 Å². The van der Waals surface area contributed by atoms with E-state index in [9.17, 15) is 5.11 Å². The maximum atomic E-state index is 9.67. The highest BCUT2D eigenvalue weighted by Crippen LogP contribution is 2.48. The lowest BCUT2D eigenvalue weighted by Crippen LogP contribution is -2.49. The Labute approximate surface area is 182 Å². The number of fused-ring (bicyclic) bond motifs is 2. The summed E-state index contributed by atoms with van der Waals surface area (Å²) in [5, 5.41) is 14.2. The Bertz CT molecular complexity index is 847. The van der Waals surface area contributed by atoms with E-state index in [1.165, 1.54) is 16.0 Å². The minimum atomic E-state index is -0.157. The van der Waals surface area contributed by atoms with Crippen molar-refractivity contribution >= 4 is 22.9 Å². The third-order valence-corrected chi connectivity index (χ3v) is 8.34. The zero-order valence-electron chi connectivity index (χ0n) is 17.7.